The van der Waals surface area contributed by atoms with Gasteiger partial charge < -0.3 is 76.2 Å². The van der Waals surface area contributed by atoms with Gasteiger partial charge in [-0.1, -0.05) is 0 Å². The quantitative estimate of drug-likeness (QED) is 0.179. The molecular formula is C60H92O16. The van der Waals surface area contributed by atoms with Crippen molar-refractivity contribution in [2.24, 2.45) is 0 Å². The smallest absolute Gasteiger partial charge is 0.198 e. The lowest BCUT2D eigenvalue weighted by Gasteiger charge is -2.72. The lowest BCUT2D eigenvalue weighted by atomic mass is 9.44. The molecule has 15 unspecified atom stereocenters. The van der Waals surface area contributed by atoms with Crippen LogP contribution >= 0.6 is 0 Å². The molecule has 15 heterocycles. The molecule has 428 valence electrons. The molecule has 0 bridgehead atoms. The van der Waals surface area contributed by atoms with E-state index < -0.39 is 78.6 Å². The van der Waals surface area contributed by atoms with Crippen LogP contribution in [0, 0.1) is 0 Å². The van der Waals surface area contributed by atoms with E-state index >= 15 is 0 Å². The minimum Gasteiger partial charge on any atom is -0.375 e. The molecule has 15 aliphatic rings. The van der Waals surface area contributed by atoms with Crippen molar-refractivity contribution < 1.29 is 76.2 Å². The van der Waals surface area contributed by atoms with E-state index in [9.17, 15) is 5.11 Å². The van der Waals surface area contributed by atoms with Crippen LogP contribution in [0.25, 0.3) is 0 Å². The van der Waals surface area contributed by atoms with E-state index in [1.54, 1.807) is 0 Å². The van der Waals surface area contributed by atoms with Gasteiger partial charge in [0, 0.05) is 98.9 Å². The highest BCUT2D eigenvalue weighted by molar-refractivity contribution is 5.43. The first kappa shape index (κ1) is 52.2. The van der Waals surface area contributed by atoms with Gasteiger partial charge in [0.2, 0.25) is 0 Å². The van der Waals surface area contributed by atoms with Gasteiger partial charge in [-0.15, -0.1) is 0 Å². The zero-order chi connectivity index (χ0) is 51.0. The summed E-state index contributed by atoms with van der Waals surface area (Å²) in [6.45, 7) is 8.53. The zero-order valence-electron chi connectivity index (χ0n) is 46.0. The molecule has 15 atom stereocenters. The molecule has 0 aromatic rings. The highest BCUT2D eigenvalue weighted by Gasteiger charge is 2.93. The summed E-state index contributed by atoms with van der Waals surface area (Å²) in [5.41, 5.74) is -13.8. The standard InChI is InChI=1S/C60H92O16/c61-60(30-15-45-76-60)59(29-14-44-75-59)58(28-13-43-74-58)57(27-12-42-73-57)56(26-11-41-72-56)55(25-10-40-71-55)54(24-9-39-70-54)53(23-8-38-69-53)52(22-7-37-68-52)51(21-6-36-67-51)50(20-5-35-66-50)49(19-4-34-65-49)48(18-3-33-64-48)47(17-2-32-63-47)46-16-1-31-62-46/h46,61H,1-45H2. The maximum Gasteiger partial charge on any atom is 0.198 e. The average Bonchev–Trinajstić information content (AvgIpc) is 3.52. The Bertz CT molecular complexity index is 2060. The van der Waals surface area contributed by atoms with Crippen LogP contribution in [0.15, 0.2) is 0 Å². The Morgan fingerprint density at radius 3 is 0.684 bits per heavy atom. The first-order valence-corrected chi connectivity index (χ1v) is 31.5. The van der Waals surface area contributed by atoms with Crippen molar-refractivity contribution in [3.63, 3.8) is 0 Å². The Hall–Kier alpha value is -0.640. The van der Waals surface area contributed by atoms with Crippen LogP contribution in [0.1, 0.15) is 193 Å². The van der Waals surface area contributed by atoms with Gasteiger partial charge in [-0.05, 0) is 186 Å². The van der Waals surface area contributed by atoms with Gasteiger partial charge in [-0.3, -0.25) is 0 Å². The molecule has 15 saturated heterocycles. The topological polar surface area (TPSA) is 159 Å². The summed E-state index contributed by atoms with van der Waals surface area (Å²) in [6, 6.07) is 0. The molecule has 0 aliphatic carbocycles. The molecule has 0 aromatic carbocycles. The number of aliphatic hydroxyl groups is 1. The number of hydrogen-bond donors (Lipinski definition) is 1. The van der Waals surface area contributed by atoms with Crippen LogP contribution in [-0.2, 0) is 71.1 Å². The second kappa shape index (κ2) is 18.7. The van der Waals surface area contributed by atoms with E-state index in [1.165, 1.54) is 0 Å². The average molecular weight is 1070 g/mol. The number of hydrogen-bond acceptors (Lipinski definition) is 16. The lowest BCUT2D eigenvalue weighted by Crippen LogP contribution is -2.91. The van der Waals surface area contributed by atoms with Crippen molar-refractivity contribution >= 4 is 0 Å². The second-order valence-electron chi connectivity index (χ2n) is 26.4. The van der Waals surface area contributed by atoms with Gasteiger partial charge in [0.25, 0.3) is 0 Å². The Morgan fingerprint density at radius 1 is 0.211 bits per heavy atom. The van der Waals surface area contributed by atoms with Crippen LogP contribution in [0.4, 0.5) is 0 Å². The van der Waals surface area contributed by atoms with E-state index in [1.807, 2.05) is 0 Å². The van der Waals surface area contributed by atoms with E-state index in [-0.39, 0.29) is 6.10 Å². The number of rotatable bonds is 14. The van der Waals surface area contributed by atoms with E-state index in [0.29, 0.717) is 157 Å². The van der Waals surface area contributed by atoms with Gasteiger partial charge in [0.1, 0.15) is 67.2 Å². The summed E-state index contributed by atoms with van der Waals surface area (Å²) < 4.78 is 115. The fraction of sp³-hybridized carbons (Fsp3) is 1.00. The molecule has 15 rings (SSSR count). The monoisotopic (exact) mass is 1070 g/mol. The van der Waals surface area contributed by atoms with Crippen LogP contribution in [-0.4, -0.2) is 189 Å². The van der Waals surface area contributed by atoms with Crippen LogP contribution in [0.5, 0.6) is 0 Å². The third-order valence-corrected chi connectivity index (χ3v) is 24.3. The van der Waals surface area contributed by atoms with Gasteiger partial charge >= 0.3 is 0 Å². The molecule has 0 radical (unpaired) electrons. The van der Waals surface area contributed by atoms with E-state index in [2.05, 4.69) is 0 Å². The fourth-order valence-electron chi connectivity index (χ4n) is 22.6. The number of ether oxygens (including phenoxy) is 15. The summed E-state index contributed by atoms with van der Waals surface area (Å²) in [5, 5.41) is 13.2. The third kappa shape index (κ3) is 5.89. The van der Waals surface area contributed by atoms with Crippen LogP contribution in [0.3, 0.4) is 0 Å². The van der Waals surface area contributed by atoms with E-state index in [0.717, 1.165) is 135 Å². The largest absolute Gasteiger partial charge is 0.375 e. The summed E-state index contributed by atoms with van der Waals surface area (Å²) in [7, 11) is 0. The van der Waals surface area contributed by atoms with Gasteiger partial charge in [-0.25, -0.2) is 0 Å². The third-order valence-electron chi connectivity index (χ3n) is 24.3. The van der Waals surface area contributed by atoms with Crippen molar-refractivity contribution in [2.75, 3.05) is 99.1 Å². The molecule has 0 spiro atoms. The molecule has 15 fully saturated rings. The van der Waals surface area contributed by atoms with Crippen molar-refractivity contribution in [2.45, 2.75) is 277 Å². The Morgan fingerprint density at radius 2 is 0.447 bits per heavy atom. The molecule has 0 aromatic heterocycles. The van der Waals surface area contributed by atoms with Crippen molar-refractivity contribution in [3.05, 3.63) is 0 Å². The van der Waals surface area contributed by atoms with Crippen molar-refractivity contribution in [1.82, 2.24) is 0 Å². The fourth-order valence-corrected chi connectivity index (χ4v) is 22.6. The van der Waals surface area contributed by atoms with Gasteiger partial charge in [0.15, 0.2) is 11.4 Å². The Balaban J connectivity index is 0.964. The van der Waals surface area contributed by atoms with Crippen LogP contribution in [0.2, 0.25) is 0 Å². The van der Waals surface area contributed by atoms with Gasteiger partial charge in [0.05, 0.1) is 12.7 Å². The highest BCUT2D eigenvalue weighted by atomic mass is 16.7. The predicted molar refractivity (Wildman–Crippen MR) is 272 cm³/mol. The second-order valence-corrected chi connectivity index (χ2v) is 26.4. The minimum atomic E-state index is -1.57. The molecule has 0 amide bonds. The molecule has 76 heavy (non-hydrogen) atoms. The normalized spacial score (nSPS) is 55.8. The maximum atomic E-state index is 13.2. The van der Waals surface area contributed by atoms with Crippen molar-refractivity contribution in [1.29, 1.82) is 0 Å². The lowest BCUT2D eigenvalue weighted by molar-refractivity contribution is -0.423. The Labute approximate surface area is 451 Å². The molecule has 1 N–H and O–H groups in total. The summed E-state index contributed by atoms with van der Waals surface area (Å²) in [4.78, 5) is 0. The molecule has 15 aliphatic heterocycles. The minimum absolute atomic E-state index is 0.113. The van der Waals surface area contributed by atoms with Crippen molar-refractivity contribution in [3.8, 4) is 0 Å². The maximum absolute atomic E-state index is 13.2. The predicted octanol–water partition coefficient (Wildman–Crippen LogP) is 7.80. The SMILES string of the molecule is OC1(C2(C3(C4(C5(C6(C7(C8(C9(C%10(C%11(C%12(C%13(C%14(C%15CCCO%15)CCCO%14)CCCO%13)CCCO%12)CCCO%11)CCCO%10)CCCO9)CCCO8)CCCO7)CCCO6)CCCO5)CCCO4)CCCO3)CCCO2)CCCO1. The molecule has 16 nitrogen and oxygen atoms in total. The molecule has 0 saturated carbocycles. The van der Waals surface area contributed by atoms with Crippen LogP contribution < -0.4 is 0 Å². The first-order valence-electron chi connectivity index (χ1n) is 31.5. The zero-order valence-corrected chi connectivity index (χ0v) is 46.0. The van der Waals surface area contributed by atoms with Gasteiger partial charge in [-0.2, -0.15) is 0 Å². The summed E-state index contributed by atoms with van der Waals surface area (Å²) in [6.07, 6.45) is 23.1. The summed E-state index contributed by atoms with van der Waals surface area (Å²) in [5.74, 6) is -1.57. The molecule has 16 heteroatoms. The highest BCUT2D eigenvalue weighted by Crippen LogP contribution is 2.76. The summed E-state index contributed by atoms with van der Waals surface area (Å²) >= 11 is 0. The molecular weight excluding hydrogens is 977 g/mol. The first-order chi connectivity index (χ1) is 37.3. The Kier molecular flexibility index (Phi) is 12.8. The van der Waals surface area contributed by atoms with E-state index in [4.69, 9.17) is 71.1 Å².